The van der Waals surface area contributed by atoms with Crippen LogP contribution in [0, 0.1) is 5.92 Å². The van der Waals surface area contributed by atoms with Crippen LogP contribution in [-0.4, -0.2) is 100 Å². The molecule has 16 heteroatoms. The lowest BCUT2D eigenvalue weighted by molar-refractivity contribution is -0.143. The summed E-state index contributed by atoms with van der Waals surface area (Å²) in [6.45, 7) is 6.17. The lowest BCUT2D eigenvalue weighted by Gasteiger charge is -2.27. The number of amides is 1. The second kappa shape index (κ2) is 14.0. The summed E-state index contributed by atoms with van der Waals surface area (Å²) in [5, 5.41) is 47.8. The van der Waals surface area contributed by atoms with Gasteiger partial charge in [0.1, 0.15) is 11.4 Å². The van der Waals surface area contributed by atoms with Crippen LogP contribution in [0.15, 0.2) is 30.6 Å². The van der Waals surface area contributed by atoms with E-state index in [2.05, 4.69) is 25.9 Å². The average Bonchev–Trinajstić information content (AvgIpc) is 3.62. The molecule has 15 nitrogen and oxygen atoms in total. The molecule has 0 spiro atoms. The van der Waals surface area contributed by atoms with Crippen molar-refractivity contribution in [3.05, 3.63) is 36.2 Å². The number of halogens is 1. The van der Waals surface area contributed by atoms with Crippen molar-refractivity contribution in [2.75, 3.05) is 26.2 Å². The molecule has 1 aromatic carbocycles. The Labute approximate surface area is 246 Å². The molecule has 1 fully saturated rings. The number of rotatable bonds is 12. The van der Waals surface area contributed by atoms with Gasteiger partial charge >= 0.3 is 17.9 Å². The lowest BCUT2D eigenvalue weighted by Crippen LogP contribution is -3.00. The van der Waals surface area contributed by atoms with Crippen molar-refractivity contribution in [2.24, 2.45) is 5.92 Å². The van der Waals surface area contributed by atoms with Crippen molar-refractivity contribution < 1.29 is 46.9 Å². The summed E-state index contributed by atoms with van der Waals surface area (Å²) in [5.41, 5.74) is 1.87. The van der Waals surface area contributed by atoms with Gasteiger partial charge in [0.25, 0.3) is 5.91 Å². The topological polar surface area (TPSA) is 206 Å². The molecule has 1 saturated heterocycles. The first-order valence-corrected chi connectivity index (χ1v) is 13.2. The molecule has 1 aliphatic heterocycles. The molecule has 4 N–H and O–H groups in total. The van der Waals surface area contributed by atoms with Gasteiger partial charge in [-0.05, 0) is 37.0 Å². The number of piperazine rings is 1. The highest BCUT2D eigenvalue weighted by molar-refractivity contribution is 5.97. The first kappa shape index (κ1) is 32.1. The van der Waals surface area contributed by atoms with E-state index in [4.69, 9.17) is 5.11 Å². The smallest absolute Gasteiger partial charge is 0.328 e. The number of carboxylic acid groups (broad SMARTS) is 3. The third-order valence-electron chi connectivity index (χ3n) is 6.73. The van der Waals surface area contributed by atoms with Crippen LogP contribution in [0.4, 0.5) is 0 Å². The van der Waals surface area contributed by atoms with Crippen molar-refractivity contribution in [1.29, 1.82) is 0 Å². The number of carboxylic acids is 3. The van der Waals surface area contributed by atoms with Crippen LogP contribution in [0.1, 0.15) is 55.6 Å². The van der Waals surface area contributed by atoms with Crippen molar-refractivity contribution >= 4 is 23.8 Å². The van der Waals surface area contributed by atoms with Crippen LogP contribution in [0.25, 0.3) is 22.5 Å². The number of nitrogens with one attached hydrogen (secondary N) is 1. The van der Waals surface area contributed by atoms with E-state index in [1.165, 1.54) is 17.1 Å². The first-order valence-electron chi connectivity index (χ1n) is 13.2. The number of aromatic nitrogens is 6. The Morgan fingerprint density at radius 3 is 1.86 bits per heavy atom. The number of hydrogen-bond acceptors (Lipinski definition) is 9. The minimum absolute atomic E-state index is 0. The summed E-state index contributed by atoms with van der Waals surface area (Å²) in [4.78, 5) is 49.8. The van der Waals surface area contributed by atoms with Gasteiger partial charge in [0.2, 0.25) is 0 Å². The predicted molar refractivity (Wildman–Crippen MR) is 143 cm³/mol. The minimum atomic E-state index is -1.25. The van der Waals surface area contributed by atoms with Crippen molar-refractivity contribution in [1.82, 2.24) is 40.2 Å². The molecule has 3 aromatic rings. The molecule has 0 unspecified atom stereocenters. The molecule has 4 rings (SSSR count). The zero-order valence-corrected chi connectivity index (χ0v) is 23.8. The van der Waals surface area contributed by atoms with Gasteiger partial charge in [-0.2, -0.15) is 0 Å². The summed E-state index contributed by atoms with van der Waals surface area (Å²) in [7, 11) is 0. The van der Waals surface area contributed by atoms with Gasteiger partial charge in [-0.1, -0.05) is 24.3 Å². The minimum Gasteiger partial charge on any atom is -1.00 e. The van der Waals surface area contributed by atoms with E-state index in [0.717, 1.165) is 4.68 Å². The van der Waals surface area contributed by atoms with Gasteiger partial charge < -0.3 is 37.9 Å². The molecular weight excluding hydrogens is 572 g/mol. The number of nitrogens with zero attached hydrogens (tertiary/aromatic N) is 7. The Balaban J connectivity index is 0.00000484. The molecule has 2 atom stereocenters. The maximum atomic E-state index is 13.4. The van der Waals surface area contributed by atoms with Crippen LogP contribution in [-0.2, 0) is 14.4 Å². The third kappa shape index (κ3) is 7.67. The summed E-state index contributed by atoms with van der Waals surface area (Å²) in [6, 6.07) is 2.80. The van der Waals surface area contributed by atoms with Gasteiger partial charge in [0, 0.05) is 49.3 Å². The molecule has 226 valence electrons. The number of carbonyl (C=O) groups is 4. The number of benzene rings is 1. The van der Waals surface area contributed by atoms with E-state index in [1.54, 1.807) is 23.1 Å². The van der Waals surface area contributed by atoms with Gasteiger partial charge in [0.15, 0.2) is 12.1 Å². The van der Waals surface area contributed by atoms with E-state index in [-0.39, 0.29) is 42.8 Å². The Bertz CT molecular complexity index is 1430. The van der Waals surface area contributed by atoms with Crippen LogP contribution in [0.3, 0.4) is 0 Å². The highest BCUT2D eigenvalue weighted by Crippen LogP contribution is 2.29. The molecule has 3 heterocycles. The fourth-order valence-corrected chi connectivity index (χ4v) is 4.62. The van der Waals surface area contributed by atoms with E-state index >= 15 is 0 Å². The summed E-state index contributed by atoms with van der Waals surface area (Å²) in [5.74, 6) is -3.54. The Morgan fingerprint density at radius 1 is 0.857 bits per heavy atom. The molecule has 0 aliphatic carbocycles. The van der Waals surface area contributed by atoms with Crippen LogP contribution >= 0.6 is 0 Å². The lowest BCUT2D eigenvalue weighted by atomic mass is 10.0. The molecular formula is C26H32ClN8O7-. The molecule has 42 heavy (non-hydrogen) atoms. The molecule has 1 amide bonds. The molecule has 1 aliphatic rings. The molecule has 0 radical (unpaired) electrons. The summed E-state index contributed by atoms with van der Waals surface area (Å²) in [6.07, 6.45) is 2.70. The third-order valence-corrected chi connectivity index (χ3v) is 6.73. The van der Waals surface area contributed by atoms with Gasteiger partial charge in [-0.3, -0.25) is 9.59 Å². The zero-order chi connectivity index (χ0) is 29.7. The van der Waals surface area contributed by atoms with Crippen molar-refractivity contribution in [3.8, 4) is 22.5 Å². The standard InChI is InChI=1S/C26H32N8O7.ClH/c1-15(2)9-22(26(40)41)34-14-20(29-31-34)17-10-16(11-18(12-17)24(37)32-7-5-27-6-8-32)19-13-33(30-28-19)21(25(38)39)3-4-23(35)36;/h10-15,21-22,27H,3-9H2,1-2H3,(H,35,36)(H,38,39)(H,40,41);1H/p-1/t21-,22-;/m0./s1. The normalized spacial score (nSPS) is 14.7. The second-order valence-corrected chi connectivity index (χ2v) is 10.3. The number of aliphatic carboxylic acids is 3. The largest absolute Gasteiger partial charge is 1.00 e. The Morgan fingerprint density at radius 2 is 1.38 bits per heavy atom. The number of hydrogen-bond donors (Lipinski definition) is 4. The fraction of sp³-hybridized carbons (Fsp3) is 0.462. The van der Waals surface area contributed by atoms with Crippen LogP contribution in [0.5, 0.6) is 0 Å². The van der Waals surface area contributed by atoms with E-state index < -0.39 is 30.0 Å². The van der Waals surface area contributed by atoms with Crippen LogP contribution < -0.4 is 17.7 Å². The average molecular weight is 604 g/mol. The Kier molecular flexibility index (Phi) is 10.7. The summed E-state index contributed by atoms with van der Waals surface area (Å²) < 4.78 is 2.38. The fourth-order valence-electron chi connectivity index (χ4n) is 4.62. The van der Waals surface area contributed by atoms with E-state index in [0.29, 0.717) is 55.0 Å². The first-order chi connectivity index (χ1) is 19.5. The molecule has 2 aromatic heterocycles. The maximum Gasteiger partial charge on any atom is 0.328 e. The maximum absolute atomic E-state index is 13.4. The van der Waals surface area contributed by atoms with Gasteiger partial charge in [0.05, 0.1) is 12.4 Å². The quantitative estimate of drug-likeness (QED) is 0.185. The van der Waals surface area contributed by atoms with E-state index in [9.17, 15) is 29.4 Å². The molecule has 0 saturated carbocycles. The Hall–Kier alpha value is -4.37. The highest BCUT2D eigenvalue weighted by Gasteiger charge is 2.26. The van der Waals surface area contributed by atoms with E-state index in [1.807, 2.05) is 13.8 Å². The predicted octanol–water partition coefficient (Wildman–Crippen LogP) is -1.58. The second-order valence-electron chi connectivity index (χ2n) is 10.3. The van der Waals surface area contributed by atoms with Gasteiger partial charge in [-0.25, -0.2) is 19.0 Å². The van der Waals surface area contributed by atoms with Gasteiger partial charge in [-0.15, -0.1) is 10.2 Å². The van der Waals surface area contributed by atoms with Crippen molar-refractivity contribution in [2.45, 2.75) is 45.2 Å². The SMILES string of the molecule is CC(C)C[C@@H](C(=O)O)n1cc(-c2cc(C(=O)N3CCNCC3)cc(-c3cn([C@@H](CCC(=O)O)C(=O)O)nn3)c2)nn1.[Cl-]. The molecule has 0 bridgehead atoms. The van der Waals surface area contributed by atoms with Crippen LogP contribution in [0.2, 0.25) is 0 Å². The van der Waals surface area contributed by atoms with Crippen molar-refractivity contribution in [3.63, 3.8) is 0 Å². The zero-order valence-electron chi connectivity index (χ0n) is 23.1. The number of carbonyl (C=O) groups excluding carboxylic acids is 1. The summed E-state index contributed by atoms with van der Waals surface area (Å²) >= 11 is 0. The monoisotopic (exact) mass is 603 g/mol. The highest BCUT2D eigenvalue weighted by atomic mass is 35.5.